The first-order valence-corrected chi connectivity index (χ1v) is 3.79. The molecule has 0 saturated heterocycles. The molecule has 0 atom stereocenters. The lowest BCUT2D eigenvalue weighted by Crippen LogP contribution is -2.29. The van der Waals surface area contributed by atoms with Crippen LogP contribution in [0.3, 0.4) is 0 Å². The van der Waals surface area contributed by atoms with Crippen LogP contribution in [0.5, 0.6) is 0 Å². The molecule has 0 aliphatic heterocycles. The Labute approximate surface area is 73.8 Å². The zero-order chi connectivity index (χ0) is 8.55. The fourth-order valence-electron chi connectivity index (χ4n) is 1.06. The summed E-state index contributed by atoms with van der Waals surface area (Å²) in [6.07, 6.45) is 1.58. The van der Waals surface area contributed by atoms with Gasteiger partial charge in [-0.3, -0.25) is 0 Å². The van der Waals surface area contributed by atoms with Crippen LogP contribution in [0.15, 0.2) is 30.5 Å². The van der Waals surface area contributed by atoms with Gasteiger partial charge in [0.2, 0.25) is 0 Å². The van der Waals surface area contributed by atoms with Crippen molar-refractivity contribution in [1.82, 2.24) is 4.98 Å². The Morgan fingerprint density at radius 3 is 2.92 bits per heavy atom. The van der Waals surface area contributed by atoms with Crippen LogP contribution in [0.2, 0.25) is 5.28 Å². The number of nitrogens with zero attached hydrogens (tertiary/aromatic N) is 2. The van der Waals surface area contributed by atoms with Crippen molar-refractivity contribution < 1.29 is 4.73 Å². The van der Waals surface area contributed by atoms with Gasteiger partial charge in [0.05, 0.1) is 5.39 Å². The van der Waals surface area contributed by atoms with Crippen molar-refractivity contribution in [3.63, 3.8) is 0 Å². The van der Waals surface area contributed by atoms with E-state index in [9.17, 15) is 5.21 Å². The van der Waals surface area contributed by atoms with Crippen molar-refractivity contribution in [3.05, 3.63) is 41.0 Å². The van der Waals surface area contributed by atoms with Crippen LogP contribution < -0.4 is 4.73 Å². The summed E-state index contributed by atoms with van der Waals surface area (Å²) in [6.45, 7) is 0. The molecule has 12 heavy (non-hydrogen) atoms. The fraction of sp³-hybridized carbons (Fsp3) is 0. The minimum atomic E-state index is -0.0475. The molecule has 0 N–H and O–H groups in total. The summed E-state index contributed by atoms with van der Waals surface area (Å²) in [5.74, 6) is 0. The zero-order valence-electron chi connectivity index (χ0n) is 6.07. The second-order valence-electron chi connectivity index (χ2n) is 2.38. The summed E-state index contributed by atoms with van der Waals surface area (Å²) < 4.78 is 0.608. The third-order valence-electron chi connectivity index (χ3n) is 1.63. The van der Waals surface area contributed by atoms with E-state index < -0.39 is 0 Å². The normalized spacial score (nSPS) is 10.4. The molecule has 3 nitrogen and oxygen atoms in total. The van der Waals surface area contributed by atoms with Crippen molar-refractivity contribution in [2.45, 2.75) is 0 Å². The van der Waals surface area contributed by atoms with Gasteiger partial charge in [-0.1, -0.05) is 12.1 Å². The van der Waals surface area contributed by atoms with E-state index in [4.69, 9.17) is 11.6 Å². The Kier molecular flexibility index (Phi) is 1.59. The number of fused-ring (bicyclic) bond motifs is 1. The van der Waals surface area contributed by atoms with Gasteiger partial charge in [0.15, 0.2) is 6.20 Å². The molecule has 0 fully saturated rings. The first-order chi connectivity index (χ1) is 5.79. The number of halogens is 1. The van der Waals surface area contributed by atoms with Gasteiger partial charge < -0.3 is 5.21 Å². The third kappa shape index (κ3) is 0.987. The SMILES string of the molecule is [O-][n+]1c(Cl)ncc2ccccc21. The minimum Gasteiger partial charge on any atom is -0.709 e. The van der Waals surface area contributed by atoms with Gasteiger partial charge in [-0.25, -0.2) is 4.73 Å². The first kappa shape index (κ1) is 7.31. The molecule has 0 aliphatic carbocycles. The molecule has 0 bridgehead atoms. The number of hydrogen-bond acceptors (Lipinski definition) is 2. The maximum absolute atomic E-state index is 11.3. The lowest BCUT2D eigenvalue weighted by Gasteiger charge is -2.03. The summed E-state index contributed by atoms with van der Waals surface area (Å²) in [5, 5.41) is 12.0. The van der Waals surface area contributed by atoms with E-state index in [1.54, 1.807) is 18.3 Å². The monoisotopic (exact) mass is 180 g/mol. The zero-order valence-corrected chi connectivity index (χ0v) is 6.82. The molecular weight excluding hydrogens is 176 g/mol. The molecule has 1 aromatic carbocycles. The third-order valence-corrected chi connectivity index (χ3v) is 1.88. The summed E-state index contributed by atoms with van der Waals surface area (Å²) >= 11 is 5.53. The van der Waals surface area contributed by atoms with Crippen molar-refractivity contribution in [3.8, 4) is 0 Å². The summed E-state index contributed by atoms with van der Waals surface area (Å²) in [6, 6.07) is 7.15. The topological polar surface area (TPSA) is 39.8 Å². The fourth-order valence-corrected chi connectivity index (χ4v) is 1.20. The highest BCUT2D eigenvalue weighted by Crippen LogP contribution is 2.09. The number of hydrogen-bond donors (Lipinski definition) is 0. The van der Waals surface area contributed by atoms with Gasteiger partial charge in [0.1, 0.15) is 5.52 Å². The van der Waals surface area contributed by atoms with E-state index >= 15 is 0 Å². The first-order valence-electron chi connectivity index (χ1n) is 3.42. The average molecular weight is 181 g/mol. The predicted molar refractivity (Wildman–Crippen MR) is 45.7 cm³/mol. The van der Waals surface area contributed by atoms with E-state index in [1.807, 2.05) is 12.1 Å². The van der Waals surface area contributed by atoms with Crippen LogP contribution in [-0.2, 0) is 0 Å². The average Bonchev–Trinajstić information content (AvgIpc) is 2.12. The van der Waals surface area contributed by atoms with Crippen molar-refractivity contribution in [2.24, 2.45) is 0 Å². The largest absolute Gasteiger partial charge is 0.709 e. The van der Waals surface area contributed by atoms with Crippen molar-refractivity contribution in [2.75, 3.05) is 0 Å². The Bertz CT molecular complexity index is 430. The number of aromatic nitrogens is 2. The van der Waals surface area contributed by atoms with E-state index in [0.29, 0.717) is 10.2 Å². The molecule has 2 aromatic rings. The van der Waals surface area contributed by atoms with Gasteiger partial charge in [0.25, 0.3) is 0 Å². The van der Waals surface area contributed by atoms with Crippen LogP contribution in [0.4, 0.5) is 0 Å². The summed E-state index contributed by atoms with van der Waals surface area (Å²) in [7, 11) is 0. The number of rotatable bonds is 0. The quantitative estimate of drug-likeness (QED) is 0.350. The Morgan fingerprint density at radius 1 is 1.33 bits per heavy atom. The Morgan fingerprint density at radius 2 is 2.08 bits per heavy atom. The number of benzene rings is 1. The van der Waals surface area contributed by atoms with E-state index in [0.717, 1.165) is 5.39 Å². The smallest absolute Gasteiger partial charge is 0.399 e. The maximum atomic E-state index is 11.3. The standard InChI is InChI=1S/C8H5ClN2O/c9-8-10-5-6-3-1-2-4-7(6)11(8)12/h1-5H. The van der Waals surface area contributed by atoms with Crippen LogP contribution in [0.1, 0.15) is 0 Å². The van der Waals surface area contributed by atoms with E-state index in [2.05, 4.69) is 4.98 Å². The number of para-hydroxylation sites is 1. The molecule has 0 aliphatic rings. The van der Waals surface area contributed by atoms with Gasteiger partial charge in [-0.2, -0.15) is 0 Å². The molecule has 2 rings (SSSR count). The summed E-state index contributed by atoms with van der Waals surface area (Å²) in [4.78, 5) is 3.72. The molecule has 1 aromatic heterocycles. The Hall–Kier alpha value is -1.35. The van der Waals surface area contributed by atoms with Gasteiger partial charge in [-0.15, -0.1) is 0 Å². The van der Waals surface area contributed by atoms with Crippen LogP contribution in [-0.4, -0.2) is 4.98 Å². The van der Waals surface area contributed by atoms with Crippen LogP contribution >= 0.6 is 11.6 Å². The van der Waals surface area contributed by atoms with E-state index in [-0.39, 0.29) is 5.28 Å². The van der Waals surface area contributed by atoms with Crippen LogP contribution in [0.25, 0.3) is 10.9 Å². The second kappa shape index (κ2) is 2.60. The molecule has 0 radical (unpaired) electrons. The molecule has 4 heteroatoms. The van der Waals surface area contributed by atoms with Gasteiger partial charge in [-0.05, 0) is 17.1 Å². The molecule has 0 unspecified atom stereocenters. The Balaban J connectivity index is 2.91. The maximum Gasteiger partial charge on any atom is 0.399 e. The van der Waals surface area contributed by atoms with Gasteiger partial charge >= 0.3 is 5.28 Å². The summed E-state index contributed by atoms with van der Waals surface area (Å²) in [5.41, 5.74) is 0.539. The minimum absolute atomic E-state index is 0.0475. The highest BCUT2D eigenvalue weighted by Gasteiger charge is 2.06. The van der Waals surface area contributed by atoms with Crippen molar-refractivity contribution >= 4 is 22.5 Å². The molecule has 60 valence electrons. The molecule has 0 spiro atoms. The predicted octanol–water partition coefficient (Wildman–Crippen LogP) is 1.52. The van der Waals surface area contributed by atoms with E-state index in [1.165, 1.54) is 0 Å². The molecular formula is C8H5ClN2O. The highest BCUT2D eigenvalue weighted by molar-refractivity contribution is 6.27. The van der Waals surface area contributed by atoms with Gasteiger partial charge in [0, 0.05) is 11.6 Å². The highest BCUT2D eigenvalue weighted by atomic mass is 35.5. The second-order valence-corrected chi connectivity index (χ2v) is 2.72. The van der Waals surface area contributed by atoms with Crippen molar-refractivity contribution in [1.29, 1.82) is 0 Å². The molecule has 1 heterocycles. The molecule has 0 amide bonds. The lowest BCUT2D eigenvalue weighted by molar-refractivity contribution is -0.577. The van der Waals surface area contributed by atoms with Crippen LogP contribution in [0, 0.1) is 5.21 Å². The lowest BCUT2D eigenvalue weighted by atomic mass is 10.2. The molecule has 0 saturated carbocycles.